The average molecular weight is 382 g/mol. The van der Waals surface area contributed by atoms with Gasteiger partial charge in [0.1, 0.15) is 11.1 Å². The van der Waals surface area contributed by atoms with Crippen LogP contribution in [0.2, 0.25) is 0 Å². The molecule has 1 aromatic heterocycles. The number of halogens is 1. The molecule has 0 aliphatic carbocycles. The number of ether oxygens (including phenoxy) is 1. The number of benzene rings is 2. The van der Waals surface area contributed by atoms with E-state index in [-0.39, 0.29) is 5.75 Å². The predicted molar refractivity (Wildman–Crippen MR) is 105 cm³/mol. The van der Waals surface area contributed by atoms with Crippen molar-refractivity contribution in [2.45, 2.75) is 6.54 Å². The number of fused-ring (bicyclic) bond motifs is 1. The monoisotopic (exact) mass is 382 g/mol. The van der Waals surface area contributed by atoms with Crippen LogP contribution in [0.4, 0.5) is 10.1 Å². The van der Waals surface area contributed by atoms with E-state index in [4.69, 9.17) is 9.72 Å². The number of nitrogens with zero attached hydrogens (tertiary/aromatic N) is 4. The van der Waals surface area contributed by atoms with Gasteiger partial charge in [-0.2, -0.15) is 5.26 Å². The molecule has 138 valence electrons. The maximum absolute atomic E-state index is 13.9. The third kappa shape index (κ3) is 3.59. The van der Waals surface area contributed by atoms with E-state index in [9.17, 15) is 9.65 Å². The van der Waals surface area contributed by atoms with Gasteiger partial charge in [0, 0.05) is 32.2 Å². The Bertz CT molecular complexity index is 972. The summed E-state index contributed by atoms with van der Waals surface area (Å²) in [5.41, 5.74) is 2.12. The van der Waals surface area contributed by atoms with E-state index in [2.05, 4.69) is 21.9 Å². The Labute approximate surface area is 161 Å². The second-order valence-corrected chi connectivity index (χ2v) is 7.57. The lowest BCUT2D eigenvalue weighted by atomic mass is 10.1. The van der Waals surface area contributed by atoms with Gasteiger partial charge >= 0.3 is 0 Å². The van der Waals surface area contributed by atoms with Crippen LogP contribution in [0.25, 0.3) is 10.2 Å². The van der Waals surface area contributed by atoms with E-state index < -0.39 is 5.82 Å². The summed E-state index contributed by atoms with van der Waals surface area (Å²) in [4.78, 5) is 9.19. The molecule has 2 aromatic carbocycles. The Balaban J connectivity index is 1.45. The highest BCUT2D eigenvalue weighted by Crippen LogP contribution is 2.30. The molecule has 0 saturated carbocycles. The van der Waals surface area contributed by atoms with Crippen molar-refractivity contribution in [2.24, 2.45) is 0 Å². The number of nitriles is 1. The van der Waals surface area contributed by atoms with Crippen LogP contribution in [0, 0.1) is 17.1 Å². The van der Waals surface area contributed by atoms with Crippen LogP contribution in [-0.2, 0) is 6.54 Å². The maximum atomic E-state index is 13.9. The number of methoxy groups -OCH3 is 1. The van der Waals surface area contributed by atoms with Gasteiger partial charge < -0.3 is 9.64 Å². The van der Waals surface area contributed by atoms with Gasteiger partial charge in [-0.25, -0.2) is 9.37 Å². The Morgan fingerprint density at radius 2 is 2.00 bits per heavy atom. The Hall–Kier alpha value is -2.69. The molecule has 0 radical (unpaired) electrons. The van der Waals surface area contributed by atoms with Crippen LogP contribution in [0.15, 0.2) is 36.4 Å². The fraction of sp³-hybridized carbons (Fsp3) is 0.300. The van der Waals surface area contributed by atoms with Gasteiger partial charge in [-0.05, 0) is 18.2 Å². The zero-order valence-corrected chi connectivity index (χ0v) is 15.8. The van der Waals surface area contributed by atoms with Gasteiger partial charge in [-0.15, -0.1) is 11.3 Å². The lowest BCUT2D eigenvalue weighted by Crippen LogP contribution is -2.46. The summed E-state index contributed by atoms with van der Waals surface area (Å²) < 4.78 is 20.2. The first-order valence-corrected chi connectivity index (χ1v) is 9.59. The standard InChI is InChI=1S/C20H19FN4OS/c1-26-18-11-17(14(12-22)10-15(18)21)25-8-6-24(7-9-25)13-20-23-16-4-2-3-5-19(16)27-20/h2-5,10-11H,6-9,13H2,1H3. The molecule has 1 fully saturated rings. The van der Waals surface area contributed by atoms with E-state index in [1.807, 2.05) is 18.2 Å². The molecule has 1 aliphatic rings. The number of thiazole rings is 1. The van der Waals surface area contributed by atoms with Crippen LogP contribution in [0.3, 0.4) is 0 Å². The van der Waals surface area contributed by atoms with E-state index in [0.717, 1.165) is 48.9 Å². The second-order valence-electron chi connectivity index (χ2n) is 6.45. The maximum Gasteiger partial charge on any atom is 0.166 e. The van der Waals surface area contributed by atoms with Gasteiger partial charge in [0.15, 0.2) is 11.6 Å². The second kappa shape index (κ2) is 7.51. The zero-order chi connectivity index (χ0) is 18.8. The van der Waals surface area contributed by atoms with Crippen LogP contribution >= 0.6 is 11.3 Å². The fourth-order valence-corrected chi connectivity index (χ4v) is 4.39. The largest absolute Gasteiger partial charge is 0.494 e. The number of hydrogen-bond donors (Lipinski definition) is 0. The Morgan fingerprint density at radius 3 is 2.70 bits per heavy atom. The van der Waals surface area contributed by atoms with E-state index in [0.29, 0.717) is 5.56 Å². The molecule has 0 spiro atoms. The van der Waals surface area contributed by atoms with Gasteiger partial charge in [-0.1, -0.05) is 12.1 Å². The van der Waals surface area contributed by atoms with Gasteiger partial charge in [0.25, 0.3) is 0 Å². The molecule has 0 N–H and O–H groups in total. The number of rotatable bonds is 4. The zero-order valence-electron chi connectivity index (χ0n) is 15.0. The summed E-state index contributed by atoms with van der Waals surface area (Å²) in [6.07, 6.45) is 0. The number of piperazine rings is 1. The number of anilines is 1. The summed E-state index contributed by atoms with van der Waals surface area (Å²) >= 11 is 1.73. The summed E-state index contributed by atoms with van der Waals surface area (Å²) in [6.45, 7) is 4.09. The summed E-state index contributed by atoms with van der Waals surface area (Å²) in [5.74, 6) is -0.340. The highest BCUT2D eigenvalue weighted by molar-refractivity contribution is 7.18. The van der Waals surface area contributed by atoms with Crippen LogP contribution in [0.5, 0.6) is 5.75 Å². The highest BCUT2D eigenvalue weighted by atomic mass is 32.1. The quantitative estimate of drug-likeness (QED) is 0.690. The van der Waals surface area contributed by atoms with Crippen LogP contribution < -0.4 is 9.64 Å². The fourth-order valence-electron chi connectivity index (χ4n) is 3.38. The van der Waals surface area contributed by atoms with Gasteiger partial charge in [0.05, 0.1) is 35.1 Å². The molecule has 3 aromatic rings. The molecule has 0 unspecified atom stereocenters. The minimum Gasteiger partial charge on any atom is -0.494 e. The third-order valence-corrected chi connectivity index (χ3v) is 5.82. The minimum absolute atomic E-state index is 0.168. The SMILES string of the molecule is COc1cc(N2CCN(Cc3nc4ccccc4s3)CC2)c(C#N)cc1F. The van der Waals surface area contributed by atoms with Crippen molar-refractivity contribution >= 4 is 27.2 Å². The predicted octanol–water partition coefficient (Wildman–Crippen LogP) is 3.64. The van der Waals surface area contributed by atoms with Crippen molar-refractivity contribution in [3.63, 3.8) is 0 Å². The van der Waals surface area contributed by atoms with Crippen LogP contribution in [0.1, 0.15) is 10.6 Å². The van der Waals surface area contributed by atoms with Gasteiger partial charge in [0.2, 0.25) is 0 Å². The number of aromatic nitrogens is 1. The van der Waals surface area contributed by atoms with Crippen molar-refractivity contribution in [1.29, 1.82) is 5.26 Å². The summed E-state index contributed by atoms with van der Waals surface area (Å²) in [5, 5.41) is 10.5. The molecular weight excluding hydrogens is 363 g/mol. The Morgan fingerprint density at radius 1 is 1.22 bits per heavy atom. The summed E-state index contributed by atoms with van der Waals surface area (Å²) in [6, 6.07) is 13.1. The van der Waals surface area contributed by atoms with Crippen molar-refractivity contribution in [1.82, 2.24) is 9.88 Å². The molecule has 5 nitrogen and oxygen atoms in total. The van der Waals surface area contributed by atoms with E-state index in [1.165, 1.54) is 17.9 Å². The third-order valence-electron chi connectivity index (χ3n) is 4.80. The van der Waals surface area contributed by atoms with Crippen molar-refractivity contribution in [3.05, 3.63) is 52.8 Å². The number of hydrogen-bond acceptors (Lipinski definition) is 6. The van der Waals surface area contributed by atoms with E-state index in [1.54, 1.807) is 17.4 Å². The van der Waals surface area contributed by atoms with E-state index >= 15 is 0 Å². The van der Waals surface area contributed by atoms with Gasteiger partial charge in [-0.3, -0.25) is 4.90 Å². The smallest absolute Gasteiger partial charge is 0.166 e. The van der Waals surface area contributed by atoms with Crippen molar-refractivity contribution in [2.75, 3.05) is 38.2 Å². The molecule has 4 rings (SSSR count). The molecule has 1 aliphatic heterocycles. The molecule has 0 bridgehead atoms. The topological polar surface area (TPSA) is 52.4 Å². The molecular formula is C20H19FN4OS. The normalized spacial score (nSPS) is 15.1. The lowest BCUT2D eigenvalue weighted by Gasteiger charge is -2.36. The van der Waals surface area contributed by atoms with Crippen molar-refractivity contribution in [3.8, 4) is 11.8 Å². The molecule has 2 heterocycles. The van der Waals surface area contributed by atoms with Crippen LogP contribution in [-0.4, -0.2) is 43.2 Å². The molecule has 0 atom stereocenters. The average Bonchev–Trinajstić information content (AvgIpc) is 3.10. The van der Waals surface area contributed by atoms with Crippen molar-refractivity contribution < 1.29 is 9.13 Å². The molecule has 0 amide bonds. The first-order valence-electron chi connectivity index (χ1n) is 8.77. The molecule has 27 heavy (non-hydrogen) atoms. The first-order chi connectivity index (χ1) is 13.2. The molecule has 7 heteroatoms. The first kappa shape index (κ1) is 17.7. The highest BCUT2D eigenvalue weighted by Gasteiger charge is 2.22. The Kier molecular flexibility index (Phi) is 4.92. The lowest BCUT2D eigenvalue weighted by molar-refractivity contribution is 0.249. The minimum atomic E-state index is -0.507. The number of para-hydroxylation sites is 1. The molecule has 1 saturated heterocycles. The summed E-state index contributed by atoms with van der Waals surface area (Å²) in [7, 11) is 1.43.